The van der Waals surface area contributed by atoms with Crippen molar-refractivity contribution < 1.29 is 146 Å². The number of aliphatic hydroxyl groups excluding tert-OH is 2. The van der Waals surface area contributed by atoms with E-state index in [2.05, 4.69) is 79.8 Å². The van der Waals surface area contributed by atoms with Gasteiger partial charge in [0.15, 0.2) is 0 Å². The topological polar surface area (TPSA) is 825 Å². The number of aliphatic carboxylic acids is 5. The van der Waals surface area contributed by atoms with E-state index in [1.54, 1.807) is 6.26 Å². The number of hydrogen-bond donors (Lipinski definition) is 27. The van der Waals surface area contributed by atoms with Gasteiger partial charge in [0.05, 0.1) is 45.1 Å². The fourth-order valence-corrected chi connectivity index (χ4v) is 13.3. The second-order valence-electron chi connectivity index (χ2n) is 31.8. The van der Waals surface area contributed by atoms with Crippen molar-refractivity contribution in [1.82, 2.24) is 84.7 Å². The van der Waals surface area contributed by atoms with Crippen LogP contribution in [0.15, 0.2) is 24.3 Å². The Labute approximate surface area is 751 Å². The van der Waals surface area contributed by atoms with Crippen molar-refractivity contribution >= 4 is 142 Å². The lowest BCUT2D eigenvalue weighted by molar-refractivity contribution is -0.144. The number of thioether (sulfide) groups is 1. The molecule has 0 unspecified atom stereocenters. The molecular weight excluding hydrogens is 1740 g/mol. The Morgan fingerprint density at radius 1 is 0.431 bits per heavy atom. The van der Waals surface area contributed by atoms with Gasteiger partial charge in [-0.15, -0.1) is 0 Å². The third-order valence-corrected chi connectivity index (χ3v) is 20.7. The highest BCUT2D eigenvalue weighted by atomic mass is 32.2. The molecule has 17 amide bonds. The molecule has 0 aliphatic carbocycles. The Kier molecular flexibility index (Phi) is 50.8. The minimum Gasteiger partial charge on any atom is -0.508 e. The number of benzene rings is 1. The Morgan fingerprint density at radius 3 is 1.27 bits per heavy atom. The summed E-state index contributed by atoms with van der Waals surface area (Å²) >= 11 is 1.28. The second kappa shape index (κ2) is 58.1. The van der Waals surface area contributed by atoms with Crippen LogP contribution in [0.2, 0.25) is 0 Å². The zero-order valence-corrected chi connectivity index (χ0v) is 74.3. The standard InChI is InChI=1S/C79H126N20O30S/c1-37(2)61(96-72(121)50(31-54(83)103)93-68(117)47(25-29-130-8)88-65(114)43(82)36-100)75(124)91-46(22-24-58(108)109)69(118)95-62(38(3)4)76(125)98-64(40(7)101)77(126)94-52(33-60(112)113)71(120)89-44(14-9-11-26-80)66(115)84-35-56(105)87-51(32-59(110)111)73(122)97-63(39(5)6)78(127)99-28-13-16-53(99)74(123)90-45(21-23-57(106)107)67(116)85-34-55(104)86-49(30-41-17-19-42(102)20-18-41)70(119)92-48(79(128)129)15-10-12-27-81/h17-20,37-40,43-53,61-64,100-102H,9-16,21-36,80-82H2,1-8H3,(H2,83,103)(H,84,115)(H,85,116)(H,86,104)(H,87,105)(H,88,114)(H,89,120)(H,90,123)(H,91,124)(H,92,119)(H,93,117)(H,94,126)(H,95,118)(H,96,121)(H,97,122)(H,98,125)(H,106,107)(H,108,109)(H,110,111)(H,112,113)(H,128,129)/t40-,43+,44+,45+,46+,47+,48+,49+,50+,51+,52+,53+,61+,62+,63+,64+/m1/s1. The molecule has 1 saturated heterocycles. The first-order valence-electron chi connectivity index (χ1n) is 41.9. The van der Waals surface area contributed by atoms with Crippen LogP contribution in [0.3, 0.4) is 0 Å². The predicted molar refractivity (Wildman–Crippen MR) is 457 cm³/mol. The van der Waals surface area contributed by atoms with E-state index >= 15 is 0 Å². The van der Waals surface area contributed by atoms with Crippen molar-refractivity contribution in [3.8, 4) is 5.75 Å². The van der Waals surface area contributed by atoms with Gasteiger partial charge in [-0.1, -0.05) is 53.7 Å². The number of nitrogens with zero attached hydrogens (tertiary/aromatic N) is 1. The van der Waals surface area contributed by atoms with Crippen molar-refractivity contribution in [3.63, 3.8) is 0 Å². The van der Waals surface area contributed by atoms with E-state index < -0.39 is 309 Å². The number of hydrogen-bond acceptors (Lipinski definition) is 29. The number of phenols is 1. The SMILES string of the molecule is CSCC[C@H](NC(=O)[C@@H](N)CO)C(=O)N[C@@H](CC(N)=O)C(=O)N[C@H](C(=O)N[C@@H](CCC(=O)O)C(=O)N[C@H](C(=O)N[C@H](C(=O)N[C@@H](CC(=O)O)C(=O)N[C@@H](CCCCN)C(=O)NCC(=O)N[C@@H](CC(=O)O)C(=O)N[C@H](C(=O)N1CCC[C@H]1C(=O)N[C@@H](CCC(=O)O)C(=O)NCC(=O)N[C@@H](Cc1ccc(O)cc1)C(=O)N[C@@H](CCCCN)C(=O)O)C(C)C)[C@@H](C)O)C(C)C)C(C)C. The maximum absolute atomic E-state index is 14.5. The number of unbranched alkanes of at least 4 members (excludes halogenated alkanes) is 2. The highest BCUT2D eigenvalue weighted by Gasteiger charge is 2.43. The number of carboxylic acids is 5. The zero-order valence-electron chi connectivity index (χ0n) is 73.5. The van der Waals surface area contributed by atoms with Crippen molar-refractivity contribution in [2.45, 2.75) is 254 Å². The highest BCUT2D eigenvalue weighted by molar-refractivity contribution is 7.98. The van der Waals surface area contributed by atoms with Crippen LogP contribution >= 0.6 is 11.8 Å². The van der Waals surface area contributed by atoms with Gasteiger partial charge in [0.25, 0.3) is 0 Å². The summed E-state index contributed by atoms with van der Waals surface area (Å²) in [4.78, 5) is 295. The zero-order chi connectivity index (χ0) is 98.5. The molecule has 31 N–H and O–H groups in total. The molecule has 1 aliphatic heterocycles. The van der Waals surface area contributed by atoms with E-state index in [1.807, 2.05) is 0 Å². The molecule has 1 aliphatic rings. The van der Waals surface area contributed by atoms with Gasteiger partial charge < -0.3 is 148 Å². The van der Waals surface area contributed by atoms with E-state index in [-0.39, 0.29) is 82.5 Å². The van der Waals surface area contributed by atoms with Gasteiger partial charge in [0.1, 0.15) is 96.4 Å². The number of phenolic OH excluding ortho intramolecular Hbond substituents is 1. The Hall–Kier alpha value is -12.5. The minimum absolute atomic E-state index is 0.0128. The highest BCUT2D eigenvalue weighted by Crippen LogP contribution is 2.23. The smallest absolute Gasteiger partial charge is 0.326 e. The fourth-order valence-electron chi connectivity index (χ4n) is 12.9. The molecule has 1 aromatic rings. The van der Waals surface area contributed by atoms with Crippen LogP contribution in [-0.2, 0) is 112 Å². The summed E-state index contributed by atoms with van der Waals surface area (Å²) < 4.78 is 0. The number of aliphatic hydroxyl groups is 2. The number of aromatic hydroxyl groups is 1. The van der Waals surface area contributed by atoms with Crippen LogP contribution in [0.5, 0.6) is 5.75 Å². The van der Waals surface area contributed by atoms with Crippen LogP contribution < -0.4 is 103 Å². The van der Waals surface area contributed by atoms with Crippen LogP contribution in [0.1, 0.15) is 157 Å². The van der Waals surface area contributed by atoms with Crippen LogP contribution in [0.25, 0.3) is 0 Å². The van der Waals surface area contributed by atoms with Crippen molar-refractivity contribution in [3.05, 3.63) is 29.8 Å². The molecule has 0 bridgehead atoms. The van der Waals surface area contributed by atoms with Gasteiger partial charge in [0, 0.05) is 25.8 Å². The lowest BCUT2D eigenvalue weighted by Gasteiger charge is -2.32. The molecule has 130 heavy (non-hydrogen) atoms. The first kappa shape index (κ1) is 114. The van der Waals surface area contributed by atoms with E-state index in [1.165, 1.54) is 77.6 Å². The number of carbonyl (C=O) groups is 22. The molecule has 1 aromatic carbocycles. The molecule has 0 spiro atoms. The summed E-state index contributed by atoms with van der Waals surface area (Å²) in [5.74, 6) is -29.5. The van der Waals surface area contributed by atoms with Crippen LogP contribution in [-0.4, -0.2) is 324 Å². The fraction of sp³-hybridized carbons (Fsp3) is 0.646. The molecule has 1 heterocycles. The number of primary amides is 1. The van der Waals surface area contributed by atoms with E-state index in [0.717, 1.165) is 11.8 Å². The predicted octanol–water partition coefficient (Wildman–Crippen LogP) is -9.22. The Morgan fingerprint density at radius 2 is 0.808 bits per heavy atom. The number of rotatable bonds is 62. The van der Waals surface area contributed by atoms with Gasteiger partial charge in [-0.2, -0.15) is 11.8 Å². The van der Waals surface area contributed by atoms with Crippen molar-refractivity contribution in [2.24, 2.45) is 40.7 Å². The van der Waals surface area contributed by atoms with Crippen LogP contribution in [0, 0.1) is 17.8 Å². The summed E-state index contributed by atoms with van der Waals surface area (Å²) in [7, 11) is 0. The number of amides is 17. The molecule has 0 saturated carbocycles. The molecule has 51 heteroatoms. The number of nitrogens with two attached hydrogens (primary N) is 4. The van der Waals surface area contributed by atoms with Gasteiger partial charge in [-0.05, 0) is 138 Å². The van der Waals surface area contributed by atoms with Crippen LogP contribution in [0.4, 0.5) is 0 Å². The third kappa shape index (κ3) is 41.3. The third-order valence-electron chi connectivity index (χ3n) is 20.1. The van der Waals surface area contributed by atoms with E-state index in [4.69, 9.17) is 22.9 Å². The monoisotopic (exact) mass is 1870 g/mol. The van der Waals surface area contributed by atoms with Gasteiger partial charge in [-0.3, -0.25) is 101 Å². The van der Waals surface area contributed by atoms with Crippen molar-refractivity contribution in [2.75, 3.05) is 51.3 Å². The van der Waals surface area contributed by atoms with Gasteiger partial charge in [0.2, 0.25) is 100 Å². The van der Waals surface area contributed by atoms with Gasteiger partial charge in [-0.25, -0.2) is 4.79 Å². The maximum atomic E-state index is 14.5. The molecule has 50 nitrogen and oxygen atoms in total. The first-order chi connectivity index (χ1) is 61.0. The normalized spacial score (nSPS) is 15.8. The van der Waals surface area contributed by atoms with E-state index in [9.17, 15) is 146 Å². The van der Waals surface area contributed by atoms with Gasteiger partial charge >= 0.3 is 29.8 Å². The summed E-state index contributed by atoms with van der Waals surface area (Å²) in [5.41, 5.74) is 22.7. The first-order valence-corrected chi connectivity index (χ1v) is 43.3. The molecule has 728 valence electrons. The number of likely N-dealkylation sites (tertiary alicyclic amines) is 1. The largest absolute Gasteiger partial charge is 0.508 e. The summed E-state index contributed by atoms with van der Waals surface area (Å²) in [6.45, 7) is 6.89. The average molecular weight is 1870 g/mol. The Balaban J connectivity index is 2.36. The van der Waals surface area contributed by atoms with Crippen molar-refractivity contribution in [1.29, 1.82) is 0 Å². The number of nitrogens with one attached hydrogen (secondary N) is 15. The summed E-state index contributed by atoms with van der Waals surface area (Å²) in [5, 5.41) is 114. The molecule has 0 radical (unpaired) electrons. The summed E-state index contributed by atoms with van der Waals surface area (Å²) in [6.07, 6.45) is -5.70. The minimum atomic E-state index is -2.15. The lowest BCUT2D eigenvalue weighted by atomic mass is 9.99. The maximum Gasteiger partial charge on any atom is 0.326 e. The Bertz CT molecular complexity index is 4110. The quantitative estimate of drug-likeness (QED) is 0.0269. The van der Waals surface area contributed by atoms with E-state index in [0.29, 0.717) is 18.4 Å². The second-order valence-corrected chi connectivity index (χ2v) is 32.8. The number of carbonyl (C=O) groups excluding carboxylic acids is 17. The lowest BCUT2D eigenvalue weighted by Crippen LogP contribution is -2.63. The number of carboxylic acid groups (broad SMARTS) is 5. The summed E-state index contributed by atoms with van der Waals surface area (Å²) in [6, 6.07) is -19.9. The molecule has 1 fully saturated rings. The average Bonchev–Trinajstić information content (AvgIpc) is 1.65. The molecule has 2 rings (SSSR count). The molecule has 0 aromatic heterocycles. The molecule has 16 atom stereocenters. The molecular formula is C79H126N20O30S.